The molecule has 5 nitrogen and oxygen atoms in total. The quantitative estimate of drug-likeness (QED) is 0.639. The number of hydrogen-bond donors (Lipinski definition) is 1. The van der Waals surface area contributed by atoms with Gasteiger partial charge in [-0.2, -0.15) is 4.39 Å². The van der Waals surface area contributed by atoms with E-state index in [0.29, 0.717) is 0 Å². The van der Waals surface area contributed by atoms with Gasteiger partial charge in [-0.25, -0.2) is 0 Å². The van der Waals surface area contributed by atoms with E-state index < -0.39 is 27.2 Å². The molecule has 0 bridgehead atoms. The van der Waals surface area contributed by atoms with Crippen molar-refractivity contribution in [2.24, 2.45) is 5.73 Å². The maximum Gasteiger partial charge on any atom is 0.305 e. The van der Waals surface area contributed by atoms with E-state index in [1.165, 1.54) is 12.1 Å². The molecule has 17 heavy (non-hydrogen) atoms. The zero-order valence-electron chi connectivity index (χ0n) is 9.26. The first kappa shape index (κ1) is 13.7. The third-order valence-electron chi connectivity index (χ3n) is 2.02. The number of rotatable bonds is 5. The molecule has 0 aromatic heterocycles. The van der Waals surface area contributed by atoms with Crippen molar-refractivity contribution in [3.05, 3.63) is 39.7 Å². The molecule has 7 heteroatoms. The molecule has 0 heterocycles. The number of nitro groups is 1. The molecule has 1 aromatic carbocycles. The van der Waals surface area contributed by atoms with Gasteiger partial charge in [-0.05, 0) is 6.92 Å². The van der Waals surface area contributed by atoms with Gasteiger partial charge in [0.15, 0.2) is 0 Å². The van der Waals surface area contributed by atoms with Crippen molar-refractivity contribution in [2.75, 3.05) is 5.75 Å². The Bertz CT molecular complexity index is 451. The summed E-state index contributed by atoms with van der Waals surface area (Å²) in [5, 5.41) is 10.5. The second-order valence-corrected chi connectivity index (χ2v) is 5.24. The largest absolute Gasteiger partial charge is 0.327 e. The highest BCUT2D eigenvalue weighted by molar-refractivity contribution is 7.84. The number of nitrogens with zero attached hydrogens (tertiary/aromatic N) is 1. The smallest absolute Gasteiger partial charge is 0.305 e. The van der Waals surface area contributed by atoms with Gasteiger partial charge < -0.3 is 5.73 Å². The van der Waals surface area contributed by atoms with Crippen LogP contribution in [0, 0.1) is 15.9 Å². The van der Waals surface area contributed by atoms with E-state index in [1.807, 2.05) is 0 Å². The Morgan fingerprint density at radius 1 is 1.59 bits per heavy atom. The van der Waals surface area contributed by atoms with Crippen LogP contribution in [0.5, 0.6) is 0 Å². The van der Waals surface area contributed by atoms with Gasteiger partial charge in [0, 0.05) is 34.2 Å². The summed E-state index contributed by atoms with van der Waals surface area (Å²) >= 11 is 0. The van der Waals surface area contributed by atoms with Crippen LogP contribution in [0.4, 0.5) is 10.1 Å². The first-order valence-corrected chi connectivity index (χ1v) is 6.43. The molecule has 0 aliphatic heterocycles. The van der Waals surface area contributed by atoms with E-state index in [1.54, 1.807) is 6.92 Å². The number of benzene rings is 1. The topological polar surface area (TPSA) is 86.2 Å². The van der Waals surface area contributed by atoms with Crippen LogP contribution in [0.25, 0.3) is 0 Å². The van der Waals surface area contributed by atoms with Gasteiger partial charge in [0.2, 0.25) is 5.82 Å². The van der Waals surface area contributed by atoms with Crippen molar-refractivity contribution in [1.82, 2.24) is 0 Å². The normalized spacial score (nSPS) is 14.3. The molecular formula is C10H13FN2O3S. The summed E-state index contributed by atoms with van der Waals surface area (Å²) < 4.78 is 25.2. The average Bonchev–Trinajstić information content (AvgIpc) is 2.19. The van der Waals surface area contributed by atoms with Crippen LogP contribution in [0.2, 0.25) is 0 Å². The van der Waals surface area contributed by atoms with Crippen molar-refractivity contribution in [3.8, 4) is 0 Å². The minimum absolute atomic E-state index is 0.0605. The Hall–Kier alpha value is -1.34. The first-order chi connectivity index (χ1) is 7.91. The highest BCUT2D eigenvalue weighted by atomic mass is 32.2. The Labute approximate surface area is 100 Å². The Kier molecular flexibility index (Phi) is 4.71. The second-order valence-electron chi connectivity index (χ2n) is 3.74. The fraction of sp³-hybridized carbons (Fsp3) is 0.400. The van der Waals surface area contributed by atoms with Crippen LogP contribution in [-0.4, -0.2) is 20.9 Å². The lowest BCUT2D eigenvalue weighted by atomic mass is 10.2. The molecule has 0 radical (unpaired) electrons. The minimum Gasteiger partial charge on any atom is -0.327 e. The summed E-state index contributed by atoms with van der Waals surface area (Å²) in [5.74, 6) is -0.743. The van der Waals surface area contributed by atoms with E-state index in [2.05, 4.69) is 0 Å². The van der Waals surface area contributed by atoms with Crippen LogP contribution < -0.4 is 5.73 Å². The van der Waals surface area contributed by atoms with Gasteiger partial charge in [-0.1, -0.05) is 12.1 Å². The fourth-order valence-corrected chi connectivity index (χ4v) is 2.62. The Morgan fingerprint density at radius 2 is 2.24 bits per heavy atom. The zero-order chi connectivity index (χ0) is 13.0. The maximum absolute atomic E-state index is 13.6. The SMILES string of the molecule is CC(N)CS(=O)Cc1cccc([N+](=O)[O-])c1F. The molecule has 1 rings (SSSR count). The number of nitrogens with two attached hydrogens (primary N) is 1. The molecule has 0 spiro atoms. The summed E-state index contributed by atoms with van der Waals surface area (Å²) in [5.41, 5.74) is 4.95. The van der Waals surface area contributed by atoms with E-state index in [9.17, 15) is 18.7 Å². The predicted molar refractivity (Wildman–Crippen MR) is 63.4 cm³/mol. The summed E-state index contributed by atoms with van der Waals surface area (Å²) in [6.07, 6.45) is 0. The van der Waals surface area contributed by atoms with Gasteiger partial charge in [0.25, 0.3) is 0 Å². The lowest BCUT2D eigenvalue weighted by molar-refractivity contribution is -0.387. The van der Waals surface area contributed by atoms with Crippen LogP contribution in [-0.2, 0) is 16.6 Å². The highest BCUT2D eigenvalue weighted by Crippen LogP contribution is 2.21. The zero-order valence-corrected chi connectivity index (χ0v) is 10.1. The molecule has 1 aromatic rings. The van der Waals surface area contributed by atoms with Gasteiger partial charge in [0.1, 0.15) is 0 Å². The summed E-state index contributed by atoms with van der Waals surface area (Å²) in [6, 6.07) is 3.59. The molecular weight excluding hydrogens is 247 g/mol. The molecule has 0 fully saturated rings. The lowest BCUT2D eigenvalue weighted by Gasteiger charge is -2.06. The van der Waals surface area contributed by atoms with Crippen molar-refractivity contribution < 1.29 is 13.5 Å². The van der Waals surface area contributed by atoms with Crippen LogP contribution in [0.15, 0.2) is 18.2 Å². The maximum atomic E-state index is 13.6. The third kappa shape index (κ3) is 3.86. The second kappa shape index (κ2) is 5.83. The van der Waals surface area contributed by atoms with Gasteiger partial charge in [-0.3, -0.25) is 14.3 Å². The monoisotopic (exact) mass is 260 g/mol. The molecule has 0 amide bonds. The van der Waals surface area contributed by atoms with Crippen molar-refractivity contribution in [3.63, 3.8) is 0 Å². The van der Waals surface area contributed by atoms with Gasteiger partial charge >= 0.3 is 5.69 Å². The Balaban J connectivity index is 2.89. The lowest BCUT2D eigenvalue weighted by Crippen LogP contribution is -2.23. The number of halogens is 1. The molecule has 2 N–H and O–H groups in total. The molecule has 94 valence electrons. The average molecular weight is 260 g/mol. The van der Waals surface area contributed by atoms with E-state index in [0.717, 1.165) is 6.07 Å². The molecule has 0 aliphatic carbocycles. The van der Waals surface area contributed by atoms with E-state index in [4.69, 9.17) is 5.73 Å². The molecule has 0 aliphatic rings. The van der Waals surface area contributed by atoms with Crippen molar-refractivity contribution >= 4 is 16.5 Å². The minimum atomic E-state index is -1.32. The molecule has 0 saturated heterocycles. The van der Waals surface area contributed by atoms with E-state index >= 15 is 0 Å². The van der Waals surface area contributed by atoms with Crippen LogP contribution in [0.3, 0.4) is 0 Å². The van der Waals surface area contributed by atoms with Crippen molar-refractivity contribution in [2.45, 2.75) is 18.7 Å². The van der Waals surface area contributed by atoms with Crippen molar-refractivity contribution in [1.29, 1.82) is 0 Å². The third-order valence-corrected chi connectivity index (χ3v) is 3.55. The van der Waals surface area contributed by atoms with E-state index in [-0.39, 0.29) is 23.1 Å². The Morgan fingerprint density at radius 3 is 2.76 bits per heavy atom. The van der Waals surface area contributed by atoms with Crippen LogP contribution in [0.1, 0.15) is 12.5 Å². The summed E-state index contributed by atoms with van der Waals surface area (Å²) in [7, 11) is -1.32. The standard InChI is InChI=1S/C10H13FN2O3S/c1-7(12)5-17(16)6-8-3-2-4-9(10(8)11)13(14)15/h2-4,7H,5-6,12H2,1H3. The first-order valence-electron chi connectivity index (χ1n) is 4.94. The summed E-state index contributed by atoms with van der Waals surface area (Å²) in [6.45, 7) is 1.70. The van der Waals surface area contributed by atoms with Gasteiger partial charge in [0.05, 0.1) is 10.7 Å². The fourth-order valence-electron chi connectivity index (χ4n) is 1.34. The molecule has 2 unspecified atom stereocenters. The predicted octanol–water partition coefficient (Wildman–Crippen LogP) is 1.33. The number of nitro benzene ring substituents is 1. The van der Waals surface area contributed by atoms with Crippen LogP contribution >= 0.6 is 0 Å². The molecule has 0 saturated carbocycles. The van der Waals surface area contributed by atoms with Gasteiger partial charge in [-0.15, -0.1) is 0 Å². The number of hydrogen-bond acceptors (Lipinski definition) is 4. The molecule has 2 atom stereocenters. The summed E-state index contributed by atoms with van der Waals surface area (Å²) in [4.78, 5) is 9.71. The highest BCUT2D eigenvalue weighted by Gasteiger charge is 2.18.